The molecule has 3 N–H and O–H groups in total. The molecule has 29 heavy (non-hydrogen) atoms. The van der Waals surface area contributed by atoms with Gasteiger partial charge in [-0.25, -0.2) is 0 Å². The van der Waals surface area contributed by atoms with Crippen LogP contribution in [0.25, 0.3) is 0 Å². The van der Waals surface area contributed by atoms with Crippen molar-refractivity contribution < 1.29 is 4.79 Å². The number of aliphatic imine (C=N–C) groups is 1. The van der Waals surface area contributed by atoms with Crippen molar-refractivity contribution in [2.75, 3.05) is 33.0 Å². The predicted octanol–water partition coefficient (Wildman–Crippen LogP) is 3.16. The van der Waals surface area contributed by atoms with Gasteiger partial charge >= 0.3 is 0 Å². The summed E-state index contributed by atoms with van der Waals surface area (Å²) in [7, 11) is 5.90. The first-order valence-corrected chi connectivity index (χ1v) is 9.61. The van der Waals surface area contributed by atoms with E-state index in [0.717, 1.165) is 18.2 Å². The van der Waals surface area contributed by atoms with Gasteiger partial charge < -0.3 is 20.9 Å². The van der Waals surface area contributed by atoms with Crippen molar-refractivity contribution in [2.24, 2.45) is 4.99 Å². The molecule has 6 nitrogen and oxygen atoms in total. The number of nitrogens with one attached hydrogen (secondary N) is 3. The third kappa shape index (κ3) is 6.71. The van der Waals surface area contributed by atoms with Crippen LogP contribution in [0, 0.1) is 0 Å². The Labute approximate surface area is 190 Å². The summed E-state index contributed by atoms with van der Waals surface area (Å²) in [5.41, 5.74) is 4.58. The minimum absolute atomic E-state index is 0. The second-order valence-corrected chi connectivity index (χ2v) is 7.40. The highest BCUT2D eigenvalue weighted by molar-refractivity contribution is 14.0. The van der Waals surface area contributed by atoms with Crippen LogP contribution in [-0.4, -0.2) is 44.5 Å². The number of rotatable bonds is 6. The van der Waals surface area contributed by atoms with Gasteiger partial charge in [-0.1, -0.05) is 42.5 Å². The number of hydrogen-bond donors (Lipinski definition) is 3. The van der Waals surface area contributed by atoms with E-state index in [4.69, 9.17) is 0 Å². The number of carbonyl (C=O) groups excluding carboxylic acids is 1. The van der Waals surface area contributed by atoms with Crippen molar-refractivity contribution >= 4 is 41.5 Å². The second kappa shape index (κ2) is 11.2. The topological polar surface area (TPSA) is 68.8 Å². The smallest absolute Gasteiger partial charge is 0.225 e. The van der Waals surface area contributed by atoms with Crippen molar-refractivity contribution in [1.29, 1.82) is 0 Å². The first-order chi connectivity index (χ1) is 13.5. The van der Waals surface area contributed by atoms with Gasteiger partial charge in [0.1, 0.15) is 0 Å². The van der Waals surface area contributed by atoms with Crippen molar-refractivity contribution in [1.82, 2.24) is 15.5 Å². The minimum atomic E-state index is 0. The van der Waals surface area contributed by atoms with E-state index in [0.29, 0.717) is 19.5 Å². The zero-order valence-electron chi connectivity index (χ0n) is 17.2. The molecule has 1 aliphatic heterocycles. The highest BCUT2D eigenvalue weighted by atomic mass is 127. The second-order valence-electron chi connectivity index (χ2n) is 7.40. The summed E-state index contributed by atoms with van der Waals surface area (Å²) in [6, 6.07) is 16.6. The predicted molar refractivity (Wildman–Crippen MR) is 130 cm³/mol. The summed E-state index contributed by atoms with van der Waals surface area (Å²) in [6.45, 7) is 2.29. The van der Waals surface area contributed by atoms with Gasteiger partial charge in [0.15, 0.2) is 5.96 Å². The van der Waals surface area contributed by atoms with E-state index < -0.39 is 0 Å². The van der Waals surface area contributed by atoms with Gasteiger partial charge in [0, 0.05) is 44.7 Å². The van der Waals surface area contributed by atoms with E-state index in [1.54, 1.807) is 7.05 Å². The van der Waals surface area contributed by atoms with Gasteiger partial charge in [-0.15, -0.1) is 24.0 Å². The van der Waals surface area contributed by atoms with Crippen molar-refractivity contribution in [3.63, 3.8) is 0 Å². The number of benzene rings is 2. The Morgan fingerprint density at radius 2 is 1.79 bits per heavy atom. The van der Waals surface area contributed by atoms with Crippen LogP contribution >= 0.6 is 24.0 Å². The Morgan fingerprint density at radius 1 is 1.10 bits per heavy atom. The summed E-state index contributed by atoms with van der Waals surface area (Å²) in [6.07, 6.45) is 0.481. The fraction of sp³-hybridized carbons (Fsp3) is 0.364. The molecule has 1 heterocycles. The highest BCUT2D eigenvalue weighted by Crippen LogP contribution is 2.31. The largest absolute Gasteiger partial charge is 0.356 e. The zero-order valence-corrected chi connectivity index (χ0v) is 19.6. The summed E-state index contributed by atoms with van der Waals surface area (Å²) >= 11 is 0. The van der Waals surface area contributed by atoms with E-state index in [9.17, 15) is 4.79 Å². The van der Waals surface area contributed by atoms with Crippen LogP contribution in [0.15, 0.2) is 53.5 Å². The van der Waals surface area contributed by atoms with Crippen LogP contribution in [0.5, 0.6) is 0 Å². The molecule has 0 bridgehead atoms. The number of nitrogens with zero attached hydrogens (tertiary/aromatic N) is 2. The zero-order chi connectivity index (χ0) is 19.9. The molecule has 1 unspecified atom stereocenters. The lowest BCUT2D eigenvalue weighted by Crippen LogP contribution is -2.40. The monoisotopic (exact) mass is 507 g/mol. The number of anilines is 1. The number of carbonyl (C=O) groups is 1. The average Bonchev–Trinajstić information content (AvgIpc) is 2.68. The van der Waals surface area contributed by atoms with Crippen molar-refractivity contribution in [3.05, 3.63) is 65.2 Å². The summed E-state index contributed by atoms with van der Waals surface area (Å²) in [5.74, 6) is 0.931. The van der Waals surface area contributed by atoms with E-state index in [2.05, 4.69) is 70.3 Å². The molecule has 7 heteroatoms. The average molecular weight is 507 g/mol. The molecule has 0 saturated heterocycles. The lowest BCUT2D eigenvalue weighted by Gasteiger charge is -2.26. The summed E-state index contributed by atoms with van der Waals surface area (Å²) in [5, 5.41) is 9.65. The van der Waals surface area contributed by atoms with E-state index in [1.165, 1.54) is 16.7 Å². The molecule has 2 aromatic carbocycles. The molecule has 1 aliphatic rings. The first kappa shape index (κ1) is 23.2. The van der Waals surface area contributed by atoms with E-state index in [-0.39, 0.29) is 35.8 Å². The molecule has 0 aromatic heterocycles. The quantitative estimate of drug-likeness (QED) is 0.319. The van der Waals surface area contributed by atoms with Crippen molar-refractivity contribution in [3.8, 4) is 0 Å². The molecule has 0 saturated carbocycles. The molecule has 0 aliphatic carbocycles. The maximum atomic E-state index is 12.0. The van der Waals surface area contributed by atoms with Gasteiger partial charge in [-0.3, -0.25) is 9.79 Å². The van der Waals surface area contributed by atoms with Gasteiger partial charge in [0.2, 0.25) is 5.91 Å². The first-order valence-electron chi connectivity index (χ1n) is 9.61. The third-order valence-corrected chi connectivity index (χ3v) is 4.83. The fourth-order valence-electron chi connectivity index (χ4n) is 3.44. The Hall–Kier alpha value is -2.13. The summed E-state index contributed by atoms with van der Waals surface area (Å²) in [4.78, 5) is 18.4. The number of hydrogen-bond acceptors (Lipinski definition) is 3. The normalized spacial score (nSPS) is 15.9. The maximum Gasteiger partial charge on any atom is 0.225 e. The molecule has 0 fully saturated rings. The van der Waals surface area contributed by atoms with E-state index in [1.807, 2.05) is 18.2 Å². The van der Waals surface area contributed by atoms with E-state index >= 15 is 0 Å². The molecule has 1 atom stereocenters. The molecule has 0 spiro atoms. The lowest BCUT2D eigenvalue weighted by molar-refractivity contribution is -0.116. The standard InChI is InChI=1S/C22H29N5O.HI/c1-23-22(24-13-16-8-10-17(11-9-16)15-27(2)3)25-14-18-12-21(28)26-20-7-5-4-6-19(18)20;/h4-11,18H,12-15H2,1-3H3,(H,26,28)(H2,23,24,25);1H. The van der Waals surface area contributed by atoms with Crippen LogP contribution in [-0.2, 0) is 17.9 Å². The van der Waals surface area contributed by atoms with Crippen molar-refractivity contribution in [2.45, 2.75) is 25.4 Å². The Balaban J connectivity index is 0.00000300. The van der Waals surface area contributed by atoms with Gasteiger partial charge in [0.25, 0.3) is 0 Å². The molecule has 0 radical (unpaired) electrons. The Bertz CT molecular complexity index is 835. The third-order valence-electron chi connectivity index (χ3n) is 4.83. The number of amides is 1. The Kier molecular flexibility index (Phi) is 8.91. The number of guanidine groups is 1. The molecule has 2 aromatic rings. The number of halogens is 1. The molecule has 1 amide bonds. The van der Waals surface area contributed by atoms with Crippen LogP contribution in [0.3, 0.4) is 0 Å². The van der Waals surface area contributed by atoms with Gasteiger partial charge in [-0.05, 0) is 36.9 Å². The molecular weight excluding hydrogens is 477 g/mol. The molecule has 3 rings (SSSR count). The molecular formula is C22H30IN5O. The van der Waals surface area contributed by atoms with Crippen LogP contribution in [0.1, 0.15) is 29.0 Å². The van der Waals surface area contributed by atoms with Crippen LogP contribution < -0.4 is 16.0 Å². The fourth-order valence-corrected chi connectivity index (χ4v) is 3.44. The highest BCUT2D eigenvalue weighted by Gasteiger charge is 2.24. The number of fused-ring (bicyclic) bond motifs is 1. The van der Waals surface area contributed by atoms with Gasteiger partial charge in [0.05, 0.1) is 0 Å². The minimum Gasteiger partial charge on any atom is -0.356 e. The molecule has 156 valence electrons. The Morgan fingerprint density at radius 3 is 2.48 bits per heavy atom. The SMILES string of the molecule is CN=C(NCc1ccc(CN(C)C)cc1)NCC1CC(=O)Nc2ccccc21.I. The number of para-hydroxylation sites is 1. The maximum absolute atomic E-state index is 12.0. The van der Waals surface area contributed by atoms with Crippen LogP contribution in [0.4, 0.5) is 5.69 Å². The van der Waals surface area contributed by atoms with Gasteiger partial charge in [-0.2, -0.15) is 0 Å². The lowest BCUT2D eigenvalue weighted by atomic mass is 9.90. The summed E-state index contributed by atoms with van der Waals surface area (Å²) < 4.78 is 0. The van der Waals surface area contributed by atoms with Crippen LogP contribution in [0.2, 0.25) is 0 Å².